The van der Waals surface area contributed by atoms with Gasteiger partial charge < -0.3 is 14.5 Å². The molecule has 0 spiro atoms. The van der Waals surface area contributed by atoms with E-state index in [0.717, 1.165) is 45.8 Å². The highest BCUT2D eigenvalue weighted by atomic mass is 16.5. The molecular weight excluding hydrogens is 338 g/mol. The number of aliphatic imine (C=N–C) groups is 1. The fourth-order valence-corrected chi connectivity index (χ4v) is 4.58. The maximum absolute atomic E-state index is 5.59. The molecule has 2 aromatic carbocycles. The maximum atomic E-state index is 5.59. The van der Waals surface area contributed by atoms with Gasteiger partial charge in [0.1, 0.15) is 0 Å². The molecule has 2 atom stereocenters. The highest BCUT2D eigenvalue weighted by Gasteiger charge is 2.34. The molecule has 5 heteroatoms. The monoisotopic (exact) mass is 361 g/mol. The number of nitrogens with zero attached hydrogens (tertiary/aromatic N) is 2. The van der Waals surface area contributed by atoms with Crippen molar-refractivity contribution in [3.05, 3.63) is 53.3 Å². The van der Waals surface area contributed by atoms with Crippen molar-refractivity contribution in [1.82, 2.24) is 9.97 Å². The van der Waals surface area contributed by atoms with E-state index in [0.29, 0.717) is 12.0 Å². The van der Waals surface area contributed by atoms with E-state index in [2.05, 4.69) is 40.3 Å². The average Bonchev–Trinajstić information content (AvgIpc) is 3.20. The van der Waals surface area contributed by atoms with Crippen molar-refractivity contribution in [2.24, 2.45) is 4.99 Å². The summed E-state index contributed by atoms with van der Waals surface area (Å²) in [6, 6.07) is 10.9. The molecule has 138 valence electrons. The van der Waals surface area contributed by atoms with E-state index < -0.39 is 0 Å². The van der Waals surface area contributed by atoms with Gasteiger partial charge in [-0.2, -0.15) is 0 Å². The quantitative estimate of drug-likeness (QED) is 0.749. The zero-order valence-corrected chi connectivity index (χ0v) is 15.7. The van der Waals surface area contributed by atoms with Gasteiger partial charge in [-0.05, 0) is 42.7 Å². The Labute approximate surface area is 158 Å². The number of hydrogen-bond donors (Lipinski definition) is 1. The number of aromatic nitrogens is 2. The Hall–Kier alpha value is -2.82. The molecule has 0 amide bonds. The molecular formula is C22H23N3O2. The minimum absolute atomic E-state index is 0.344. The molecule has 2 heterocycles. The van der Waals surface area contributed by atoms with Crippen molar-refractivity contribution in [2.75, 3.05) is 14.2 Å². The number of benzene rings is 2. The van der Waals surface area contributed by atoms with Gasteiger partial charge in [0.25, 0.3) is 0 Å². The number of rotatable bonds is 3. The molecule has 1 fully saturated rings. The normalized spacial score (nSPS) is 21.3. The summed E-state index contributed by atoms with van der Waals surface area (Å²) in [4.78, 5) is 12.8. The fraction of sp³-hybridized carbons (Fsp3) is 0.364. The molecule has 1 N–H and O–H groups in total. The molecule has 0 saturated heterocycles. The van der Waals surface area contributed by atoms with E-state index in [4.69, 9.17) is 14.5 Å². The summed E-state index contributed by atoms with van der Waals surface area (Å²) in [5.41, 5.74) is 6.66. The average molecular weight is 361 g/mol. The highest BCUT2D eigenvalue weighted by molar-refractivity contribution is 6.16. The summed E-state index contributed by atoms with van der Waals surface area (Å²) < 4.78 is 11.2. The van der Waals surface area contributed by atoms with Crippen LogP contribution in [0.3, 0.4) is 0 Å². The number of aromatic amines is 1. The van der Waals surface area contributed by atoms with Crippen LogP contribution in [0.2, 0.25) is 0 Å². The zero-order chi connectivity index (χ0) is 18.4. The first kappa shape index (κ1) is 16.4. The molecule has 2 aliphatic rings. The van der Waals surface area contributed by atoms with Gasteiger partial charge in [-0.1, -0.05) is 18.9 Å². The predicted octanol–water partition coefficient (Wildman–Crippen LogP) is 4.46. The summed E-state index contributed by atoms with van der Waals surface area (Å²) in [6.07, 6.45) is 6.58. The Morgan fingerprint density at radius 2 is 1.81 bits per heavy atom. The molecule has 1 aliphatic carbocycles. The number of H-pyrrole nitrogens is 1. The van der Waals surface area contributed by atoms with Crippen LogP contribution in [-0.2, 0) is 0 Å². The van der Waals surface area contributed by atoms with Gasteiger partial charge in [0.15, 0.2) is 11.5 Å². The van der Waals surface area contributed by atoms with Crippen LogP contribution in [0.5, 0.6) is 11.5 Å². The van der Waals surface area contributed by atoms with Gasteiger partial charge >= 0.3 is 0 Å². The lowest BCUT2D eigenvalue weighted by atomic mass is 9.75. The van der Waals surface area contributed by atoms with Crippen LogP contribution in [-0.4, -0.2) is 35.9 Å². The standard InChI is InChI=1S/C22H23N3O2/c1-26-20-10-15-14-5-3-4-6-17(14)25-22(16(15)11-21(20)27-2)13-7-8-18-19(9-13)24-12-23-18/h7-12,14,17H,3-6H2,1-2H3,(H,23,24)/t14-,17-/m0/s1. The van der Waals surface area contributed by atoms with E-state index in [1.165, 1.54) is 24.8 Å². The largest absolute Gasteiger partial charge is 0.493 e. The van der Waals surface area contributed by atoms with Crippen molar-refractivity contribution >= 4 is 16.7 Å². The lowest BCUT2D eigenvalue weighted by molar-refractivity contribution is 0.349. The smallest absolute Gasteiger partial charge is 0.161 e. The van der Waals surface area contributed by atoms with Gasteiger partial charge in [0, 0.05) is 17.0 Å². The summed E-state index contributed by atoms with van der Waals surface area (Å²) in [5.74, 6) is 2.01. The third-order valence-corrected chi connectivity index (χ3v) is 5.93. The molecule has 5 nitrogen and oxygen atoms in total. The van der Waals surface area contributed by atoms with Crippen LogP contribution in [0.25, 0.3) is 11.0 Å². The number of ether oxygens (including phenoxy) is 2. The van der Waals surface area contributed by atoms with Crippen LogP contribution in [0, 0.1) is 0 Å². The molecule has 5 rings (SSSR count). The van der Waals surface area contributed by atoms with Gasteiger partial charge in [0.05, 0.1) is 43.3 Å². The number of methoxy groups -OCH3 is 2. The van der Waals surface area contributed by atoms with Crippen LogP contribution in [0.1, 0.15) is 48.3 Å². The molecule has 3 aromatic rings. The first-order valence-corrected chi connectivity index (χ1v) is 9.56. The summed E-state index contributed by atoms with van der Waals surface area (Å²) >= 11 is 0. The van der Waals surface area contributed by atoms with E-state index in [-0.39, 0.29) is 0 Å². The number of imidazole rings is 1. The molecule has 1 saturated carbocycles. The summed E-state index contributed by atoms with van der Waals surface area (Å²) in [7, 11) is 3.39. The Morgan fingerprint density at radius 3 is 2.67 bits per heavy atom. The molecule has 1 aliphatic heterocycles. The van der Waals surface area contributed by atoms with Crippen LogP contribution in [0.15, 0.2) is 41.7 Å². The second kappa shape index (κ2) is 6.41. The van der Waals surface area contributed by atoms with E-state index >= 15 is 0 Å². The van der Waals surface area contributed by atoms with Crippen molar-refractivity contribution in [3.8, 4) is 11.5 Å². The Balaban J connectivity index is 1.72. The van der Waals surface area contributed by atoms with Crippen LogP contribution < -0.4 is 9.47 Å². The van der Waals surface area contributed by atoms with Crippen molar-refractivity contribution in [1.29, 1.82) is 0 Å². The minimum Gasteiger partial charge on any atom is -0.493 e. The topological polar surface area (TPSA) is 59.5 Å². The number of fused-ring (bicyclic) bond motifs is 4. The lowest BCUT2D eigenvalue weighted by Gasteiger charge is -2.35. The van der Waals surface area contributed by atoms with Gasteiger partial charge in [0.2, 0.25) is 0 Å². The van der Waals surface area contributed by atoms with Crippen molar-refractivity contribution in [3.63, 3.8) is 0 Å². The predicted molar refractivity (Wildman–Crippen MR) is 106 cm³/mol. The number of nitrogens with one attached hydrogen (secondary N) is 1. The van der Waals surface area contributed by atoms with Gasteiger partial charge in [-0.3, -0.25) is 4.99 Å². The van der Waals surface area contributed by atoms with Gasteiger partial charge in [-0.25, -0.2) is 4.98 Å². The van der Waals surface area contributed by atoms with Crippen LogP contribution in [0.4, 0.5) is 0 Å². The van der Waals surface area contributed by atoms with E-state index in [9.17, 15) is 0 Å². The maximum Gasteiger partial charge on any atom is 0.161 e. The third-order valence-electron chi connectivity index (χ3n) is 5.93. The summed E-state index contributed by atoms with van der Waals surface area (Å²) in [6.45, 7) is 0. The molecule has 1 aromatic heterocycles. The highest BCUT2D eigenvalue weighted by Crippen LogP contribution is 2.44. The molecule has 27 heavy (non-hydrogen) atoms. The van der Waals surface area contributed by atoms with Crippen molar-refractivity contribution < 1.29 is 9.47 Å². The molecule has 0 radical (unpaired) electrons. The second-order valence-corrected chi connectivity index (χ2v) is 7.36. The third kappa shape index (κ3) is 2.60. The minimum atomic E-state index is 0.344. The first-order valence-electron chi connectivity index (χ1n) is 9.56. The Bertz CT molecular complexity index is 1040. The van der Waals surface area contributed by atoms with Crippen LogP contribution >= 0.6 is 0 Å². The SMILES string of the molecule is COc1cc2c(cc1OC)[C@@H]1CCCC[C@@H]1N=C2c1ccc2nc[nH]c2c1. The zero-order valence-electron chi connectivity index (χ0n) is 15.7. The summed E-state index contributed by atoms with van der Waals surface area (Å²) in [5, 5.41) is 0. The molecule has 0 bridgehead atoms. The van der Waals surface area contributed by atoms with Crippen molar-refractivity contribution in [2.45, 2.75) is 37.6 Å². The number of hydrogen-bond acceptors (Lipinski definition) is 4. The van der Waals surface area contributed by atoms with Gasteiger partial charge in [-0.15, -0.1) is 0 Å². The molecule has 0 unspecified atom stereocenters. The van der Waals surface area contributed by atoms with E-state index in [1.54, 1.807) is 20.5 Å². The lowest BCUT2D eigenvalue weighted by Crippen LogP contribution is -2.29. The Morgan fingerprint density at radius 1 is 1.00 bits per heavy atom. The second-order valence-electron chi connectivity index (χ2n) is 7.36. The first-order chi connectivity index (χ1) is 13.3. The fourth-order valence-electron chi connectivity index (χ4n) is 4.58. The van der Waals surface area contributed by atoms with E-state index in [1.807, 2.05) is 0 Å². The Kier molecular flexibility index (Phi) is 3.88.